The van der Waals surface area contributed by atoms with Crippen LogP contribution in [0.2, 0.25) is 5.02 Å². The van der Waals surface area contributed by atoms with Crippen molar-refractivity contribution in [1.29, 1.82) is 5.26 Å². The van der Waals surface area contributed by atoms with Crippen LogP contribution in [0, 0.1) is 11.3 Å². The third kappa shape index (κ3) is 3.22. The van der Waals surface area contributed by atoms with Crippen LogP contribution in [-0.4, -0.2) is 46.2 Å². The lowest BCUT2D eigenvalue weighted by molar-refractivity contribution is 0.0917. The highest BCUT2D eigenvalue weighted by Gasteiger charge is 2.40. The number of hydrogen-bond acceptors (Lipinski definition) is 6. The monoisotopic (exact) mass is 449 g/mol. The van der Waals surface area contributed by atoms with Crippen molar-refractivity contribution in [3.8, 4) is 11.8 Å². The van der Waals surface area contributed by atoms with E-state index in [0.29, 0.717) is 34.8 Å². The summed E-state index contributed by atoms with van der Waals surface area (Å²) in [6.07, 6.45) is 0. The van der Waals surface area contributed by atoms with E-state index in [2.05, 4.69) is 46.8 Å². The molecular weight excluding hydrogens is 426 g/mol. The zero-order chi connectivity index (χ0) is 22.6. The Balaban J connectivity index is 1.55. The smallest absolute Gasteiger partial charge is 0.295 e. The van der Waals surface area contributed by atoms with Crippen LogP contribution in [0.25, 0.3) is 11.0 Å². The van der Waals surface area contributed by atoms with E-state index < -0.39 is 0 Å². The maximum atomic E-state index is 13.0. The van der Waals surface area contributed by atoms with Crippen LogP contribution in [-0.2, 0) is 7.05 Å². The zero-order valence-electron chi connectivity index (χ0n) is 18.2. The van der Waals surface area contributed by atoms with Gasteiger partial charge in [0.25, 0.3) is 5.56 Å². The molecule has 0 bridgehead atoms. The number of piperazine rings is 1. The molecule has 4 heterocycles. The molecule has 0 spiro atoms. The lowest BCUT2D eigenvalue weighted by Crippen LogP contribution is -2.61. The van der Waals surface area contributed by atoms with Crippen molar-refractivity contribution in [2.75, 3.05) is 24.6 Å². The van der Waals surface area contributed by atoms with Gasteiger partial charge in [0.1, 0.15) is 29.6 Å². The first-order chi connectivity index (χ1) is 15.4. The largest absolute Gasteiger partial charge is 0.484 e. The summed E-state index contributed by atoms with van der Waals surface area (Å²) in [5, 5.41) is 10.1. The lowest BCUT2D eigenvalue weighted by atomic mass is 9.99. The number of nitrogens with zero attached hydrogens (tertiary/aromatic N) is 5. The second kappa shape index (κ2) is 7.80. The van der Waals surface area contributed by atoms with E-state index in [9.17, 15) is 10.1 Å². The maximum absolute atomic E-state index is 13.0. The molecule has 7 nitrogen and oxygen atoms in total. The average molecular weight is 450 g/mol. The molecule has 2 aromatic heterocycles. The Hall–Kier alpha value is -3.08. The van der Waals surface area contributed by atoms with Crippen LogP contribution in [0.1, 0.15) is 31.1 Å². The molecule has 0 saturated carbocycles. The Kier molecular flexibility index (Phi) is 5.07. The Labute approximate surface area is 191 Å². The van der Waals surface area contributed by atoms with Gasteiger partial charge in [0.2, 0.25) is 5.75 Å². The van der Waals surface area contributed by atoms with Gasteiger partial charge in [-0.1, -0.05) is 23.7 Å². The Bertz CT molecular complexity index is 1300. The number of ether oxygens (including phenoxy) is 1. The van der Waals surface area contributed by atoms with Crippen molar-refractivity contribution in [2.45, 2.75) is 32.0 Å². The maximum Gasteiger partial charge on any atom is 0.295 e. The minimum absolute atomic E-state index is 0.0799. The molecule has 3 atom stereocenters. The molecule has 32 heavy (non-hydrogen) atoms. The third-order valence-electron chi connectivity index (χ3n) is 6.73. The molecule has 0 N–H and O–H groups in total. The van der Waals surface area contributed by atoms with Crippen LogP contribution in [0.4, 0.5) is 5.69 Å². The summed E-state index contributed by atoms with van der Waals surface area (Å²) in [6, 6.07) is 14.1. The van der Waals surface area contributed by atoms with E-state index in [1.165, 1.54) is 5.56 Å². The Morgan fingerprint density at radius 2 is 1.97 bits per heavy atom. The number of rotatable bonds is 2. The number of aromatic nitrogens is 2. The molecule has 1 saturated heterocycles. The number of anilines is 1. The number of nitriles is 1. The molecule has 8 heteroatoms. The minimum atomic E-state index is -0.179. The standard InChI is InChI=1S/C24H24ClN5O2/c1-14-11-30-19(12-29(14)15(2)16-4-6-17(25)7-5-16)13-32-23-22(30)21-20(28(3)24(23)31)9-8-18(10-26)27-21/h4-9,14-15,19H,11-13H2,1-3H3/t14-,15-,19+/m1/s1. The fraction of sp³-hybridized carbons (Fsp3) is 0.375. The van der Waals surface area contributed by atoms with Gasteiger partial charge in [0.15, 0.2) is 0 Å². The molecule has 0 amide bonds. The topological polar surface area (TPSA) is 74.4 Å². The predicted octanol–water partition coefficient (Wildman–Crippen LogP) is 3.49. The van der Waals surface area contributed by atoms with Gasteiger partial charge in [-0.15, -0.1) is 0 Å². The van der Waals surface area contributed by atoms with Crippen molar-refractivity contribution < 1.29 is 4.74 Å². The normalized spacial score (nSPS) is 21.4. The third-order valence-corrected chi connectivity index (χ3v) is 6.99. The quantitative estimate of drug-likeness (QED) is 0.596. The molecule has 1 aromatic carbocycles. The van der Waals surface area contributed by atoms with Gasteiger partial charge in [0, 0.05) is 37.2 Å². The first kappa shape index (κ1) is 20.8. The van der Waals surface area contributed by atoms with Gasteiger partial charge in [0.05, 0.1) is 11.6 Å². The van der Waals surface area contributed by atoms with Crippen molar-refractivity contribution >= 4 is 28.3 Å². The summed E-state index contributed by atoms with van der Waals surface area (Å²) in [5.74, 6) is 0.324. The van der Waals surface area contributed by atoms with Crippen LogP contribution < -0.4 is 15.2 Å². The molecule has 0 unspecified atom stereocenters. The summed E-state index contributed by atoms with van der Waals surface area (Å²) in [7, 11) is 1.71. The number of pyridine rings is 2. The summed E-state index contributed by atoms with van der Waals surface area (Å²) < 4.78 is 7.58. The van der Waals surface area contributed by atoms with Gasteiger partial charge >= 0.3 is 0 Å². The number of halogens is 1. The number of benzene rings is 1. The van der Waals surface area contributed by atoms with Crippen LogP contribution >= 0.6 is 11.6 Å². The zero-order valence-corrected chi connectivity index (χ0v) is 19.0. The highest BCUT2D eigenvalue weighted by molar-refractivity contribution is 6.30. The molecule has 2 aliphatic rings. The summed E-state index contributed by atoms with van der Waals surface area (Å²) in [4.78, 5) is 22.3. The molecule has 5 rings (SSSR count). The van der Waals surface area contributed by atoms with Crippen LogP contribution in [0.15, 0.2) is 41.2 Å². The van der Waals surface area contributed by atoms with Crippen molar-refractivity contribution in [3.63, 3.8) is 0 Å². The van der Waals surface area contributed by atoms with Gasteiger partial charge in [-0.25, -0.2) is 4.98 Å². The molecular formula is C24H24ClN5O2. The lowest BCUT2D eigenvalue weighted by Gasteiger charge is -2.50. The molecule has 3 aromatic rings. The fourth-order valence-corrected chi connectivity index (χ4v) is 5.08. The van der Waals surface area contributed by atoms with E-state index in [1.54, 1.807) is 23.7 Å². The highest BCUT2D eigenvalue weighted by Crippen LogP contribution is 2.40. The number of hydrogen-bond donors (Lipinski definition) is 0. The number of aryl methyl sites for hydroxylation is 1. The van der Waals surface area contributed by atoms with E-state index in [1.807, 2.05) is 12.1 Å². The molecule has 2 aliphatic heterocycles. The molecule has 0 aliphatic carbocycles. The van der Waals surface area contributed by atoms with Crippen molar-refractivity contribution in [3.05, 3.63) is 63.0 Å². The van der Waals surface area contributed by atoms with E-state index in [4.69, 9.17) is 16.3 Å². The second-order valence-electron chi connectivity index (χ2n) is 8.61. The second-order valence-corrected chi connectivity index (χ2v) is 9.04. The summed E-state index contributed by atoms with van der Waals surface area (Å²) in [5.41, 5.74) is 3.40. The average Bonchev–Trinajstić information content (AvgIpc) is 2.81. The van der Waals surface area contributed by atoms with Crippen LogP contribution in [0.5, 0.6) is 5.75 Å². The van der Waals surface area contributed by atoms with Gasteiger partial charge in [-0.2, -0.15) is 5.26 Å². The van der Waals surface area contributed by atoms with Crippen molar-refractivity contribution in [1.82, 2.24) is 14.5 Å². The Morgan fingerprint density at radius 1 is 1.22 bits per heavy atom. The van der Waals surface area contributed by atoms with Gasteiger partial charge in [-0.3, -0.25) is 9.69 Å². The molecule has 0 radical (unpaired) electrons. The molecule has 164 valence electrons. The van der Waals surface area contributed by atoms with Crippen LogP contribution in [0.3, 0.4) is 0 Å². The Morgan fingerprint density at radius 3 is 2.69 bits per heavy atom. The summed E-state index contributed by atoms with van der Waals surface area (Å²) >= 11 is 6.07. The SMILES string of the molecule is C[C@@H]1CN2c3c(c(=O)n(C)c4ccc(C#N)nc34)OC[C@@H]2CN1[C@H](C)c1ccc(Cl)cc1. The van der Waals surface area contributed by atoms with Gasteiger partial charge < -0.3 is 14.2 Å². The minimum Gasteiger partial charge on any atom is -0.484 e. The van der Waals surface area contributed by atoms with E-state index >= 15 is 0 Å². The summed E-state index contributed by atoms with van der Waals surface area (Å²) in [6.45, 7) is 6.37. The van der Waals surface area contributed by atoms with E-state index in [-0.39, 0.29) is 23.7 Å². The first-order valence-corrected chi connectivity index (χ1v) is 11.1. The predicted molar refractivity (Wildman–Crippen MR) is 124 cm³/mol. The van der Waals surface area contributed by atoms with Crippen molar-refractivity contribution in [2.24, 2.45) is 7.05 Å². The number of fused-ring (bicyclic) bond motifs is 5. The van der Waals surface area contributed by atoms with E-state index in [0.717, 1.165) is 18.1 Å². The molecule has 1 fully saturated rings. The first-order valence-electron chi connectivity index (χ1n) is 10.7. The fourth-order valence-electron chi connectivity index (χ4n) is 4.96. The van der Waals surface area contributed by atoms with Gasteiger partial charge in [-0.05, 0) is 43.7 Å². The highest BCUT2D eigenvalue weighted by atomic mass is 35.5.